The summed E-state index contributed by atoms with van der Waals surface area (Å²) in [5.74, 6) is -0.475. The van der Waals surface area contributed by atoms with E-state index in [1.165, 1.54) is 17.4 Å². The van der Waals surface area contributed by atoms with Crippen molar-refractivity contribution >= 4 is 26.0 Å². The zero-order valence-corrected chi connectivity index (χ0v) is 12.9. The van der Waals surface area contributed by atoms with Crippen LogP contribution in [0, 0.1) is 5.82 Å². The Hall–Kier alpha value is -0.500. The molecule has 0 aliphatic carbocycles. The van der Waals surface area contributed by atoms with E-state index in [2.05, 4.69) is 15.9 Å². The van der Waals surface area contributed by atoms with Gasteiger partial charge in [0.15, 0.2) is 0 Å². The molecule has 0 radical (unpaired) electrons. The highest BCUT2D eigenvalue weighted by atomic mass is 79.9. The fourth-order valence-corrected chi connectivity index (χ4v) is 3.48. The van der Waals surface area contributed by atoms with Crippen molar-refractivity contribution in [2.75, 3.05) is 34.2 Å². The monoisotopic (exact) mass is 338 g/mol. The average Bonchev–Trinajstić information content (AvgIpc) is 2.24. The summed E-state index contributed by atoms with van der Waals surface area (Å²) in [4.78, 5) is 1.97. The smallest absolute Gasteiger partial charge is 0.243 e. The van der Waals surface area contributed by atoms with Gasteiger partial charge in [0.2, 0.25) is 10.0 Å². The average molecular weight is 339 g/mol. The standard InChI is InChI=1S/C11H16BrFN2O2S/c1-14(2)6-7-15(3)18(16,17)11-5-4-9(13)8-10(11)12/h4-5,8H,6-7H2,1-3H3. The number of rotatable bonds is 5. The van der Waals surface area contributed by atoms with Crippen LogP contribution in [-0.2, 0) is 10.0 Å². The van der Waals surface area contributed by atoms with Gasteiger partial charge in [0.05, 0.1) is 4.90 Å². The van der Waals surface area contributed by atoms with Crippen LogP contribution in [-0.4, -0.2) is 51.9 Å². The zero-order valence-electron chi connectivity index (χ0n) is 10.5. The predicted octanol–water partition coefficient (Wildman–Crippen LogP) is 1.77. The zero-order chi connectivity index (χ0) is 13.9. The summed E-state index contributed by atoms with van der Waals surface area (Å²) < 4.78 is 38.9. The van der Waals surface area contributed by atoms with Gasteiger partial charge in [-0.2, -0.15) is 4.31 Å². The molecule has 0 unspecified atom stereocenters. The minimum absolute atomic E-state index is 0.0742. The molecule has 0 aromatic heterocycles. The molecule has 102 valence electrons. The van der Waals surface area contributed by atoms with Gasteiger partial charge < -0.3 is 4.90 Å². The molecule has 4 nitrogen and oxygen atoms in total. The Morgan fingerprint density at radius 3 is 2.33 bits per heavy atom. The molecule has 0 aliphatic heterocycles. The van der Waals surface area contributed by atoms with Gasteiger partial charge in [0, 0.05) is 24.6 Å². The number of sulfonamides is 1. The number of hydrogen-bond donors (Lipinski definition) is 0. The molecule has 0 aliphatic rings. The Morgan fingerprint density at radius 1 is 1.22 bits per heavy atom. The lowest BCUT2D eigenvalue weighted by Crippen LogP contribution is -2.33. The van der Waals surface area contributed by atoms with Crippen LogP contribution in [0.15, 0.2) is 27.6 Å². The molecule has 1 rings (SSSR count). The third kappa shape index (κ3) is 3.74. The maximum absolute atomic E-state index is 12.9. The van der Waals surface area contributed by atoms with Gasteiger partial charge in [-0.15, -0.1) is 0 Å². The van der Waals surface area contributed by atoms with Crippen molar-refractivity contribution in [1.29, 1.82) is 0 Å². The molecule has 0 spiro atoms. The Bertz CT molecular complexity index is 520. The highest BCUT2D eigenvalue weighted by Gasteiger charge is 2.23. The van der Waals surface area contributed by atoms with Crippen LogP contribution in [0.1, 0.15) is 0 Å². The van der Waals surface area contributed by atoms with Crippen LogP contribution in [0.2, 0.25) is 0 Å². The number of halogens is 2. The largest absolute Gasteiger partial charge is 0.308 e. The van der Waals surface area contributed by atoms with Gasteiger partial charge in [-0.05, 0) is 48.2 Å². The van der Waals surface area contributed by atoms with E-state index in [-0.39, 0.29) is 9.37 Å². The summed E-state index contributed by atoms with van der Waals surface area (Å²) in [6, 6.07) is 3.55. The van der Waals surface area contributed by atoms with Crippen LogP contribution in [0.3, 0.4) is 0 Å². The minimum atomic E-state index is -3.59. The second-order valence-electron chi connectivity index (χ2n) is 4.20. The van der Waals surface area contributed by atoms with E-state index in [1.807, 2.05) is 19.0 Å². The molecule has 0 fully saturated rings. The van der Waals surface area contributed by atoms with Crippen molar-refractivity contribution in [1.82, 2.24) is 9.21 Å². The molecule has 0 bridgehead atoms. The molecular weight excluding hydrogens is 323 g/mol. The van der Waals surface area contributed by atoms with Crippen molar-refractivity contribution in [3.63, 3.8) is 0 Å². The highest BCUT2D eigenvalue weighted by Crippen LogP contribution is 2.25. The number of nitrogens with zero attached hydrogens (tertiary/aromatic N) is 2. The van der Waals surface area contributed by atoms with Crippen molar-refractivity contribution in [2.24, 2.45) is 0 Å². The van der Waals surface area contributed by atoms with E-state index in [9.17, 15) is 12.8 Å². The van der Waals surface area contributed by atoms with Crippen molar-refractivity contribution in [2.45, 2.75) is 4.90 Å². The molecular formula is C11H16BrFN2O2S. The van der Waals surface area contributed by atoms with Crippen molar-refractivity contribution < 1.29 is 12.8 Å². The first kappa shape index (κ1) is 15.6. The van der Waals surface area contributed by atoms with Crippen LogP contribution >= 0.6 is 15.9 Å². The number of benzene rings is 1. The maximum atomic E-state index is 12.9. The molecule has 18 heavy (non-hydrogen) atoms. The fraction of sp³-hybridized carbons (Fsp3) is 0.455. The molecule has 0 saturated carbocycles. The van der Waals surface area contributed by atoms with Crippen molar-refractivity contribution in [3.8, 4) is 0 Å². The molecule has 1 aromatic rings. The van der Waals surface area contributed by atoms with Gasteiger partial charge >= 0.3 is 0 Å². The SMILES string of the molecule is CN(C)CCN(C)S(=O)(=O)c1ccc(F)cc1Br. The Morgan fingerprint density at radius 2 is 1.83 bits per heavy atom. The highest BCUT2D eigenvalue weighted by molar-refractivity contribution is 9.10. The summed E-state index contributed by atoms with van der Waals surface area (Å²) in [5, 5.41) is 0. The van der Waals surface area contributed by atoms with Gasteiger partial charge in [-0.3, -0.25) is 0 Å². The first-order valence-electron chi connectivity index (χ1n) is 5.31. The van der Waals surface area contributed by atoms with Gasteiger partial charge in [-0.25, -0.2) is 12.8 Å². The van der Waals surface area contributed by atoms with E-state index < -0.39 is 15.8 Å². The lowest BCUT2D eigenvalue weighted by molar-refractivity contribution is 0.358. The molecule has 0 N–H and O–H groups in total. The third-order valence-corrected chi connectivity index (χ3v) is 5.28. The van der Waals surface area contributed by atoms with Crippen LogP contribution in [0.5, 0.6) is 0 Å². The summed E-state index contributed by atoms with van der Waals surface area (Å²) in [6.45, 7) is 0.994. The van der Waals surface area contributed by atoms with E-state index in [0.717, 1.165) is 12.1 Å². The maximum Gasteiger partial charge on any atom is 0.243 e. The Balaban J connectivity index is 2.98. The Kier molecular flexibility index (Phi) is 5.27. The van der Waals surface area contributed by atoms with E-state index in [0.29, 0.717) is 13.1 Å². The molecule has 0 heterocycles. The molecule has 0 amide bonds. The van der Waals surface area contributed by atoms with Gasteiger partial charge in [0.25, 0.3) is 0 Å². The molecule has 1 aromatic carbocycles. The molecule has 0 atom stereocenters. The lowest BCUT2D eigenvalue weighted by atomic mass is 10.3. The molecule has 7 heteroatoms. The van der Waals surface area contributed by atoms with E-state index in [4.69, 9.17) is 0 Å². The van der Waals surface area contributed by atoms with Gasteiger partial charge in [0.1, 0.15) is 5.82 Å². The van der Waals surface area contributed by atoms with E-state index >= 15 is 0 Å². The quantitative estimate of drug-likeness (QED) is 0.821. The normalized spacial score (nSPS) is 12.4. The Labute approximate surface area is 116 Å². The summed E-state index contributed by atoms with van der Waals surface area (Å²) >= 11 is 3.08. The minimum Gasteiger partial charge on any atom is -0.308 e. The van der Waals surface area contributed by atoms with Crippen LogP contribution < -0.4 is 0 Å². The fourth-order valence-electron chi connectivity index (χ4n) is 1.31. The third-order valence-electron chi connectivity index (χ3n) is 2.44. The summed E-state index contributed by atoms with van der Waals surface area (Å²) in [5.41, 5.74) is 0. The number of likely N-dealkylation sites (N-methyl/N-ethyl adjacent to an activating group) is 2. The predicted molar refractivity (Wildman–Crippen MR) is 72.5 cm³/mol. The van der Waals surface area contributed by atoms with E-state index in [1.54, 1.807) is 0 Å². The summed E-state index contributed by atoms with van der Waals surface area (Å²) in [7, 11) is 1.66. The van der Waals surface area contributed by atoms with Crippen LogP contribution in [0.25, 0.3) is 0 Å². The first-order chi connectivity index (χ1) is 8.25. The second kappa shape index (κ2) is 6.10. The number of hydrogen-bond acceptors (Lipinski definition) is 3. The lowest BCUT2D eigenvalue weighted by Gasteiger charge is -2.20. The van der Waals surface area contributed by atoms with Crippen molar-refractivity contribution in [3.05, 3.63) is 28.5 Å². The summed E-state index contributed by atoms with van der Waals surface area (Å²) in [6.07, 6.45) is 0. The second-order valence-corrected chi connectivity index (χ2v) is 7.07. The van der Waals surface area contributed by atoms with Crippen LogP contribution in [0.4, 0.5) is 4.39 Å². The molecule has 0 saturated heterocycles. The first-order valence-corrected chi connectivity index (χ1v) is 7.54. The topological polar surface area (TPSA) is 40.6 Å². The van der Waals surface area contributed by atoms with Gasteiger partial charge in [-0.1, -0.05) is 0 Å².